The molecule has 4 nitrogen and oxygen atoms in total. The van der Waals surface area contributed by atoms with E-state index in [1.807, 2.05) is 0 Å². The summed E-state index contributed by atoms with van der Waals surface area (Å²) in [7, 11) is 0. The topological polar surface area (TPSA) is 58.6 Å². The minimum atomic E-state index is -0.675. The van der Waals surface area contributed by atoms with Crippen LogP contribution < -0.4 is 5.32 Å². The van der Waals surface area contributed by atoms with Gasteiger partial charge >= 0.3 is 0 Å². The quantitative estimate of drug-likeness (QED) is 0.874. The molecule has 1 amide bonds. The summed E-state index contributed by atoms with van der Waals surface area (Å²) in [5.74, 6) is -0.278. The molecular weight excluding hydrogens is 277 g/mol. The first-order chi connectivity index (χ1) is 8.58. The van der Waals surface area contributed by atoms with Crippen LogP contribution in [0.25, 0.3) is 0 Å². The van der Waals surface area contributed by atoms with Crippen molar-refractivity contribution in [2.75, 3.05) is 13.2 Å². The van der Waals surface area contributed by atoms with Crippen LogP contribution >= 0.6 is 23.2 Å². The van der Waals surface area contributed by atoms with Crippen molar-refractivity contribution in [3.05, 3.63) is 33.8 Å². The molecule has 0 radical (unpaired) electrons. The van der Waals surface area contributed by atoms with Crippen LogP contribution in [0.4, 0.5) is 0 Å². The van der Waals surface area contributed by atoms with Gasteiger partial charge in [-0.25, -0.2) is 0 Å². The third-order valence-corrected chi connectivity index (χ3v) is 3.56. The van der Waals surface area contributed by atoms with E-state index in [-0.39, 0.29) is 18.6 Å². The van der Waals surface area contributed by atoms with Crippen molar-refractivity contribution < 1.29 is 14.6 Å². The third kappa shape index (κ3) is 3.14. The first-order valence-electron chi connectivity index (χ1n) is 5.59. The Labute approximate surface area is 115 Å². The molecule has 0 bridgehead atoms. The molecule has 2 rings (SSSR count). The van der Waals surface area contributed by atoms with Crippen LogP contribution in [0.5, 0.6) is 0 Å². The van der Waals surface area contributed by atoms with Crippen LogP contribution in [0.3, 0.4) is 0 Å². The number of hydrogen-bond acceptors (Lipinski definition) is 3. The van der Waals surface area contributed by atoms with Crippen molar-refractivity contribution >= 4 is 29.1 Å². The number of nitrogens with one attached hydrogen (secondary N) is 1. The third-order valence-electron chi connectivity index (χ3n) is 2.82. The monoisotopic (exact) mass is 289 g/mol. The zero-order chi connectivity index (χ0) is 13.1. The molecule has 1 heterocycles. The first kappa shape index (κ1) is 13.6. The first-order valence-corrected chi connectivity index (χ1v) is 6.35. The summed E-state index contributed by atoms with van der Waals surface area (Å²) in [4.78, 5) is 12.0. The SMILES string of the molecule is O=C(N[C@@H]1CCOC[C@H]1O)c1ccc(Cl)c(Cl)c1. The normalized spacial score (nSPS) is 23.7. The number of ether oxygens (including phenoxy) is 1. The second-order valence-corrected chi connectivity index (χ2v) is 4.95. The van der Waals surface area contributed by atoms with Gasteiger partial charge in [0.25, 0.3) is 5.91 Å². The molecule has 0 unspecified atom stereocenters. The van der Waals surface area contributed by atoms with Crippen molar-refractivity contribution in [2.24, 2.45) is 0 Å². The molecule has 1 saturated heterocycles. The van der Waals surface area contributed by atoms with Crippen LogP contribution in [-0.4, -0.2) is 36.4 Å². The maximum atomic E-state index is 12.0. The Balaban J connectivity index is 2.04. The second kappa shape index (κ2) is 5.89. The summed E-state index contributed by atoms with van der Waals surface area (Å²) in [6.07, 6.45) is -0.0840. The van der Waals surface area contributed by atoms with Crippen molar-refractivity contribution in [1.29, 1.82) is 0 Å². The van der Waals surface area contributed by atoms with Gasteiger partial charge in [0.2, 0.25) is 0 Å². The highest BCUT2D eigenvalue weighted by atomic mass is 35.5. The lowest BCUT2D eigenvalue weighted by Gasteiger charge is -2.28. The molecule has 1 aliphatic heterocycles. The summed E-state index contributed by atoms with van der Waals surface area (Å²) >= 11 is 11.6. The molecule has 1 aromatic rings. The summed E-state index contributed by atoms with van der Waals surface area (Å²) in [6, 6.07) is 4.38. The highest BCUT2D eigenvalue weighted by molar-refractivity contribution is 6.42. The van der Waals surface area contributed by atoms with Crippen LogP contribution in [-0.2, 0) is 4.74 Å². The number of halogens is 2. The van der Waals surface area contributed by atoms with Gasteiger partial charge < -0.3 is 15.2 Å². The van der Waals surface area contributed by atoms with Crippen LogP contribution in [0.2, 0.25) is 10.0 Å². The average Bonchev–Trinajstić information content (AvgIpc) is 2.35. The number of rotatable bonds is 2. The van der Waals surface area contributed by atoms with E-state index in [9.17, 15) is 9.90 Å². The van der Waals surface area contributed by atoms with Crippen LogP contribution in [0.1, 0.15) is 16.8 Å². The van der Waals surface area contributed by atoms with E-state index in [4.69, 9.17) is 27.9 Å². The van der Waals surface area contributed by atoms with Crippen molar-refractivity contribution in [3.63, 3.8) is 0 Å². The maximum absolute atomic E-state index is 12.0. The smallest absolute Gasteiger partial charge is 0.251 e. The molecule has 1 aliphatic rings. The Morgan fingerprint density at radius 1 is 1.39 bits per heavy atom. The van der Waals surface area contributed by atoms with Gasteiger partial charge in [0.1, 0.15) is 0 Å². The van der Waals surface area contributed by atoms with Gasteiger partial charge in [0.05, 0.1) is 28.8 Å². The molecule has 18 heavy (non-hydrogen) atoms. The summed E-state index contributed by atoms with van der Waals surface area (Å²) in [6.45, 7) is 0.774. The molecular formula is C12H13Cl2NO3. The Hall–Kier alpha value is -0.810. The zero-order valence-electron chi connectivity index (χ0n) is 9.53. The van der Waals surface area contributed by atoms with Crippen molar-refractivity contribution in [2.45, 2.75) is 18.6 Å². The molecule has 0 aromatic heterocycles. The largest absolute Gasteiger partial charge is 0.389 e. The number of carbonyl (C=O) groups excluding carboxylic acids is 1. The van der Waals surface area contributed by atoms with Gasteiger partial charge in [-0.15, -0.1) is 0 Å². The summed E-state index contributed by atoms with van der Waals surface area (Å²) < 4.78 is 5.09. The lowest BCUT2D eigenvalue weighted by Crippen LogP contribution is -2.48. The Morgan fingerprint density at radius 3 is 2.83 bits per heavy atom. The molecule has 0 spiro atoms. The van der Waals surface area contributed by atoms with E-state index < -0.39 is 6.10 Å². The summed E-state index contributed by atoms with van der Waals surface area (Å²) in [5, 5.41) is 13.2. The van der Waals surface area contributed by atoms with Gasteiger partial charge in [-0.3, -0.25) is 4.79 Å². The van der Waals surface area contributed by atoms with Gasteiger partial charge in [-0.2, -0.15) is 0 Å². The van der Waals surface area contributed by atoms with E-state index in [0.29, 0.717) is 28.6 Å². The van der Waals surface area contributed by atoms with Gasteiger partial charge in [-0.05, 0) is 24.6 Å². The molecule has 98 valence electrons. The zero-order valence-corrected chi connectivity index (χ0v) is 11.0. The highest BCUT2D eigenvalue weighted by Crippen LogP contribution is 2.22. The number of aliphatic hydroxyl groups is 1. The summed E-state index contributed by atoms with van der Waals surface area (Å²) in [5.41, 5.74) is 0.420. The molecule has 2 N–H and O–H groups in total. The molecule has 6 heteroatoms. The fraction of sp³-hybridized carbons (Fsp3) is 0.417. The average molecular weight is 290 g/mol. The predicted octanol–water partition coefficient (Wildman–Crippen LogP) is 1.87. The number of benzene rings is 1. The molecule has 1 aromatic carbocycles. The molecule has 0 saturated carbocycles. The van der Waals surface area contributed by atoms with Gasteiger partial charge in [0, 0.05) is 12.2 Å². The predicted molar refractivity (Wildman–Crippen MR) is 69.2 cm³/mol. The number of aliphatic hydroxyl groups excluding tert-OH is 1. The minimum absolute atomic E-state index is 0.242. The number of hydrogen-bond donors (Lipinski definition) is 2. The highest BCUT2D eigenvalue weighted by Gasteiger charge is 2.25. The van der Waals surface area contributed by atoms with E-state index in [1.165, 1.54) is 6.07 Å². The van der Waals surface area contributed by atoms with Crippen LogP contribution in [0.15, 0.2) is 18.2 Å². The molecule has 1 fully saturated rings. The van der Waals surface area contributed by atoms with E-state index in [0.717, 1.165) is 0 Å². The van der Waals surface area contributed by atoms with Gasteiger partial charge in [-0.1, -0.05) is 23.2 Å². The lowest BCUT2D eigenvalue weighted by atomic mass is 10.1. The van der Waals surface area contributed by atoms with Crippen LogP contribution in [0, 0.1) is 0 Å². The van der Waals surface area contributed by atoms with Crippen molar-refractivity contribution in [1.82, 2.24) is 5.32 Å². The van der Waals surface area contributed by atoms with E-state index in [2.05, 4.69) is 5.32 Å². The second-order valence-electron chi connectivity index (χ2n) is 4.14. The minimum Gasteiger partial charge on any atom is -0.389 e. The van der Waals surface area contributed by atoms with Gasteiger partial charge in [0.15, 0.2) is 0 Å². The standard InChI is InChI=1S/C12H13Cl2NO3/c13-8-2-1-7(5-9(8)14)12(17)15-10-3-4-18-6-11(10)16/h1-2,5,10-11,16H,3-4,6H2,(H,15,17)/t10-,11-/m1/s1. The number of carbonyl (C=O) groups is 1. The number of amides is 1. The molecule has 0 aliphatic carbocycles. The maximum Gasteiger partial charge on any atom is 0.251 e. The Morgan fingerprint density at radius 2 is 2.17 bits per heavy atom. The van der Waals surface area contributed by atoms with E-state index in [1.54, 1.807) is 12.1 Å². The van der Waals surface area contributed by atoms with Crippen molar-refractivity contribution in [3.8, 4) is 0 Å². The fourth-order valence-electron chi connectivity index (χ4n) is 1.78. The fourth-order valence-corrected chi connectivity index (χ4v) is 2.08. The molecule has 2 atom stereocenters. The Kier molecular flexibility index (Phi) is 4.45. The Bertz CT molecular complexity index is 453. The lowest BCUT2D eigenvalue weighted by molar-refractivity contribution is -0.0260. The van der Waals surface area contributed by atoms with E-state index >= 15 is 0 Å².